The third kappa shape index (κ3) is 3.10. The number of hydrogen-bond donors (Lipinski definition) is 2. The van der Waals surface area contributed by atoms with Gasteiger partial charge in [0.25, 0.3) is 0 Å². The number of nitrogens with zero attached hydrogens (tertiary/aromatic N) is 3. The maximum absolute atomic E-state index is 5.92. The van der Waals surface area contributed by atoms with Gasteiger partial charge in [0, 0.05) is 37.9 Å². The molecule has 0 bridgehead atoms. The van der Waals surface area contributed by atoms with Gasteiger partial charge in [-0.05, 0) is 32.6 Å². The minimum Gasteiger partial charge on any atom is -0.367 e. The van der Waals surface area contributed by atoms with Crippen molar-refractivity contribution in [2.24, 2.45) is 5.73 Å². The standard InChI is InChI=1S/C13H23N5/c1-9-8-15-13(18(2)3)17-12(9)16-11-6-4-10(14)5-7-11/h8,10-11H,4-7,14H2,1-3H3,(H,15,16,17). The molecule has 1 aromatic heterocycles. The average Bonchev–Trinajstić information content (AvgIpc) is 2.34. The number of nitrogens with two attached hydrogens (primary N) is 1. The summed E-state index contributed by atoms with van der Waals surface area (Å²) in [5.41, 5.74) is 7.02. The molecule has 1 heterocycles. The summed E-state index contributed by atoms with van der Waals surface area (Å²) in [6, 6.07) is 0.875. The second-order valence-corrected chi connectivity index (χ2v) is 5.35. The van der Waals surface area contributed by atoms with Gasteiger partial charge in [0.05, 0.1) is 0 Å². The van der Waals surface area contributed by atoms with Gasteiger partial charge in [-0.15, -0.1) is 0 Å². The van der Waals surface area contributed by atoms with Gasteiger partial charge in [-0.1, -0.05) is 0 Å². The van der Waals surface area contributed by atoms with Crippen molar-refractivity contribution in [3.8, 4) is 0 Å². The molecule has 0 radical (unpaired) electrons. The molecular formula is C13H23N5. The first-order valence-electron chi connectivity index (χ1n) is 6.59. The van der Waals surface area contributed by atoms with Gasteiger partial charge in [0.1, 0.15) is 5.82 Å². The molecule has 5 nitrogen and oxygen atoms in total. The molecule has 1 aliphatic rings. The van der Waals surface area contributed by atoms with E-state index in [1.165, 1.54) is 0 Å². The fourth-order valence-electron chi connectivity index (χ4n) is 2.25. The molecule has 0 saturated heterocycles. The van der Waals surface area contributed by atoms with Gasteiger partial charge in [0.2, 0.25) is 5.95 Å². The Kier molecular flexibility index (Phi) is 4.01. The Balaban J connectivity index is 2.06. The largest absolute Gasteiger partial charge is 0.367 e. The average molecular weight is 249 g/mol. The Morgan fingerprint density at radius 1 is 1.28 bits per heavy atom. The topological polar surface area (TPSA) is 67.1 Å². The van der Waals surface area contributed by atoms with E-state index in [1.54, 1.807) is 0 Å². The molecular weight excluding hydrogens is 226 g/mol. The van der Waals surface area contributed by atoms with Gasteiger partial charge in [-0.2, -0.15) is 4.98 Å². The minimum atomic E-state index is 0.381. The summed E-state index contributed by atoms with van der Waals surface area (Å²) in [6.07, 6.45) is 6.33. The second kappa shape index (κ2) is 5.52. The predicted molar refractivity (Wildman–Crippen MR) is 75.0 cm³/mol. The van der Waals surface area contributed by atoms with Crippen LogP contribution < -0.4 is 16.0 Å². The van der Waals surface area contributed by atoms with Crippen LogP contribution in [0.2, 0.25) is 0 Å². The number of hydrogen-bond acceptors (Lipinski definition) is 5. The lowest BCUT2D eigenvalue weighted by Crippen LogP contribution is -2.33. The summed E-state index contributed by atoms with van der Waals surface area (Å²) in [4.78, 5) is 10.8. The molecule has 2 rings (SSSR count). The zero-order chi connectivity index (χ0) is 13.1. The Morgan fingerprint density at radius 3 is 2.56 bits per heavy atom. The lowest BCUT2D eigenvalue weighted by molar-refractivity contribution is 0.410. The first-order valence-corrected chi connectivity index (χ1v) is 6.59. The maximum atomic E-state index is 5.92. The highest BCUT2D eigenvalue weighted by atomic mass is 15.2. The van der Waals surface area contributed by atoms with E-state index in [0.717, 1.165) is 43.0 Å². The van der Waals surface area contributed by atoms with E-state index in [2.05, 4.69) is 15.3 Å². The molecule has 0 spiro atoms. The molecule has 1 aliphatic carbocycles. The number of aryl methyl sites for hydroxylation is 1. The third-order valence-corrected chi connectivity index (χ3v) is 3.47. The summed E-state index contributed by atoms with van der Waals surface area (Å²) in [5, 5.41) is 3.53. The van der Waals surface area contributed by atoms with E-state index in [0.29, 0.717) is 12.1 Å². The minimum absolute atomic E-state index is 0.381. The molecule has 100 valence electrons. The number of nitrogens with one attached hydrogen (secondary N) is 1. The molecule has 0 aliphatic heterocycles. The fourth-order valence-corrected chi connectivity index (χ4v) is 2.25. The Morgan fingerprint density at radius 2 is 1.94 bits per heavy atom. The van der Waals surface area contributed by atoms with Crippen molar-refractivity contribution in [1.29, 1.82) is 0 Å². The molecule has 0 atom stereocenters. The van der Waals surface area contributed by atoms with Crippen LogP contribution in [-0.4, -0.2) is 36.1 Å². The van der Waals surface area contributed by atoms with Crippen LogP contribution in [0.15, 0.2) is 6.20 Å². The van der Waals surface area contributed by atoms with Crippen LogP contribution >= 0.6 is 0 Å². The lowest BCUT2D eigenvalue weighted by Gasteiger charge is -2.28. The Bertz CT molecular complexity index is 396. The van der Waals surface area contributed by atoms with Crippen molar-refractivity contribution in [3.05, 3.63) is 11.8 Å². The summed E-state index contributed by atoms with van der Waals surface area (Å²) in [5.74, 6) is 1.70. The zero-order valence-corrected chi connectivity index (χ0v) is 11.5. The van der Waals surface area contributed by atoms with Gasteiger partial charge < -0.3 is 16.0 Å². The van der Waals surface area contributed by atoms with E-state index in [9.17, 15) is 0 Å². The number of aromatic nitrogens is 2. The van der Waals surface area contributed by atoms with Crippen LogP contribution in [0.5, 0.6) is 0 Å². The smallest absolute Gasteiger partial charge is 0.226 e. The normalized spacial score (nSPS) is 23.8. The zero-order valence-electron chi connectivity index (χ0n) is 11.5. The highest BCUT2D eigenvalue weighted by molar-refractivity contribution is 5.47. The molecule has 3 N–H and O–H groups in total. The van der Waals surface area contributed by atoms with Crippen molar-refractivity contribution in [3.63, 3.8) is 0 Å². The van der Waals surface area contributed by atoms with Crippen LogP contribution in [0, 0.1) is 6.92 Å². The van der Waals surface area contributed by atoms with E-state index >= 15 is 0 Å². The van der Waals surface area contributed by atoms with Crippen LogP contribution in [0.3, 0.4) is 0 Å². The summed E-state index contributed by atoms with van der Waals surface area (Å²) in [6.45, 7) is 2.04. The first-order chi connectivity index (χ1) is 8.56. The van der Waals surface area contributed by atoms with Gasteiger partial charge in [0.15, 0.2) is 0 Å². The van der Waals surface area contributed by atoms with Gasteiger partial charge in [-0.25, -0.2) is 4.98 Å². The Hall–Kier alpha value is -1.36. The van der Waals surface area contributed by atoms with Gasteiger partial charge >= 0.3 is 0 Å². The second-order valence-electron chi connectivity index (χ2n) is 5.35. The van der Waals surface area contributed by atoms with Crippen LogP contribution in [0.25, 0.3) is 0 Å². The molecule has 1 saturated carbocycles. The van der Waals surface area contributed by atoms with E-state index in [1.807, 2.05) is 32.1 Å². The predicted octanol–water partition coefficient (Wildman–Crippen LogP) is 1.53. The van der Waals surface area contributed by atoms with Crippen molar-refractivity contribution < 1.29 is 0 Å². The lowest BCUT2D eigenvalue weighted by atomic mass is 9.92. The van der Waals surface area contributed by atoms with Crippen molar-refractivity contribution >= 4 is 11.8 Å². The molecule has 1 aromatic rings. The summed E-state index contributed by atoms with van der Waals surface area (Å²) in [7, 11) is 3.90. The highest BCUT2D eigenvalue weighted by Crippen LogP contribution is 2.22. The van der Waals surface area contributed by atoms with Gasteiger partial charge in [-0.3, -0.25) is 0 Å². The van der Waals surface area contributed by atoms with Crippen LogP contribution in [0.1, 0.15) is 31.2 Å². The van der Waals surface area contributed by atoms with E-state index in [4.69, 9.17) is 5.73 Å². The van der Waals surface area contributed by atoms with Crippen molar-refractivity contribution in [2.75, 3.05) is 24.3 Å². The third-order valence-electron chi connectivity index (χ3n) is 3.47. The van der Waals surface area contributed by atoms with E-state index < -0.39 is 0 Å². The molecule has 0 aromatic carbocycles. The molecule has 5 heteroatoms. The Labute approximate surface area is 109 Å². The SMILES string of the molecule is Cc1cnc(N(C)C)nc1NC1CCC(N)CC1. The van der Waals surface area contributed by atoms with Crippen molar-refractivity contribution in [2.45, 2.75) is 44.7 Å². The molecule has 0 amide bonds. The van der Waals surface area contributed by atoms with Crippen molar-refractivity contribution in [1.82, 2.24) is 9.97 Å². The summed E-state index contributed by atoms with van der Waals surface area (Å²) >= 11 is 0. The quantitative estimate of drug-likeness (QED) is 0.850. The molecule has 18 heavy (non-hydrogen) atoms. The van der Waals surface area contributed by atoms with E-state index in [-0.39, 0.29) is 0 Å². The van der Waals surface area contributed by atoms with Crippen LogP contribution in [-0.2, 0) is 0 Å². The number of anilines is 2. The highest BCUT2D eigenvalue weighted by Gasteiger charge is 2.19. The molecule has 0 unspecified atom stereocenters. The number of rotatable bonds is 3. The monoisotopic (exact) mass is 249 g/mol. The summed E-state index contributed by atoms with van der Waals surface area (Å²) < 4.78 is 0. The van der Waals surface area contributed by atoms with Crippen LogP contribution in [0.4, 0.5) is 11.8 Å². The first kappa shape index (κ1) is 13.1. The maximum Gasteiger partial charge on any atom is 0.226 e. The fraction of sp³-hybridized carbons (Fsp3) is 0.692. The molecule has 1 fully saturated rings.